The Morgan fingerprint density at radius 3 is 2.70 bits per heavy atom. The van der Waals surface area contributed by atoms with E-state index in [1.807, 2.05) is 6.07 Å². The van der Waals surface area contributed by atoms with E-state index >= 15 is 0 Å². The van der Waals surface area contributed by atoms with Gasteiger partial charge in [-0.15, -0.1) is 0 Å². The van der Waals surface area contributed by atoms with Crippen LogP contribution in [-0.4, -0.2) is 37.5 Å². The first-order valence-corrected chi connectivity index (χ1v) is 9.33. The van der Waals surface area contributed by atoms with E-state index in [4.69, 9.17) is 15.5 Å². The van der Waals surface area contributed by atoms with Gasteiger partial charge in [-0.05, 0) is 49.7 Å². The van der Waals surface area contributed by atoms with E-state index in [1.54, 1.807) is 12.1 Å². The van der Waals surface area contributed by atoms with Crippen molar-refractivity contribution in [3.63, 3.8) is 0 Å². The molecule has 144 valence electrons. The SMILES string of the molecule is CN(CCCc1ccc(CN)cc1)CCNC(=O)c1ccc2c(c1)OOC2. The molecule has 0 unspecified atom stereocenters. The van der Waals surface area contributed by atoms with Gasteiger partial charge >= 0.3 is 0 Å². The maximum absolute atomic E-state index is 12.2. The van der Waals surface area contributed by atoms with Gasteiger partial charge in [-0.25, -0.2) is 0 Å². The number of carbonyl (C=O) groups excluding carboxylic acids is 1. The van der Waals surface area contributed by atoms with Crippen LogP contribution in [0.1, 0.15) is 33.5 Å². The highest BCUT2D eigenvalue weighted by molar-refractivity contribution is 5.94. The van der Waals surface area contributed by atoms with Gasteiger partial charge in [-0.3, -0.25) is 4.79 Å². The van der Waals surface area contributed by atoms with Crippen molar-refractivity contribution < 1.29 is 14.6 Å². The molecular formula is C21H27N3O3. The van der Waals surface area contributed by atoms with E-state index < -0.39 is 0 Å². The number of amides is 1. The highest BCUT2D eigenvalue weighted by Gasteiger charge is 2.16. The Kier molecular flexibility index (Phi) is 6.81. The highest BCUT2D eigenvalue weighted by atomic mass is 17.2. The summed E-state index contributed by atoms with van der Waals surface area (Å²) in [6.45, 7) is 3.41. The number of nitrogens with two attached hydrogens (primary N) is 1. The summed E-state index contributed by atoms with van der Waals surface area (Å²) in [5.74, 6) is 0.529. The molecule has 1 aliphatic rings. The average molecular weight is 369 g/mol. The number of likely N-dealkylation sites (N-methyl/N-ethyl adjacent to an activating group) is 1. The van der Waals surface area contributed by atoms with Gasteiger partial charge in [-0.1, -0.05) is 30.3 Å². The molecule has 0 saturated carbocycles. The van der Waals surface area contributed by atoms with Crippen LogP contribution < -0.4 is 15.9 Å². The van der Waals surface area contributed by atoms with Crippen LogP contribution in [0.25, 0.3) is 0 Å². The summed E-state index contributed by atoms with van der Waals surface area (Å²) in [6, 6.07) is 13.9. The molecular weight excluding hydrogens is 342 g/mol. The molecule has 0 radical (unpaired) electrons. The molecule has 3 rings (SSSR count). The summed E-state index contributed by atoms with van der Waals surface area (Å²) in [5.41, 5.74) is 9.66. The van der Waals surface area contributed by atoms with E-state index in [1.165, 1.54) is 5.56 Å². The zero-order valence-corrected chi connectivity index (χ0v) is 15.7. The molecule has 6 heteroatoms. The van der Waals surface area contributed by atoms with E-state index in [-0.39, 0.29) is 5.91 Å². The Morgan fingerprint density at radius 2 is 1.93 bits per heavy atom. The number of fused-ring (bicyclic) bond motifs is 1. The molecule has 6 nitrogen and oxygen atoms in total. The van der Waals surface area contributed by atoms with Crippen molar-refractivity contribution >= 4 is 5.91 Å². The Bertz CT molecular complexity index is 762. The minimum Gasteiger partial charge on any atom is -0.351 e. The van der Waals surface area contributed by atoms with Crippen LogP contribution in [0.2, 0.25) is 0 Å². The molecule has 2 aromatic rings. The highest BCUT2D eigenvalue weighted by Crippen LogP contribution is 2.26. The Labute approximate surface area is 160 Å². The van der Waals surface area contributed by atoms with E-state index in [0.717, 1.165) is 37.1 Å². The predicted molar refractivity (Wildman–Crippen MR) is 104 cm³/mol. The van der Waals surface area contributed by atoms with Crippen molar-refractivity contribution in [2.24, 2.45) is 5.73 Å². The van der Waals surface area contributed by atoms with Crippen LogP contribution in [0.15, 0.2) is 42.5 Å². The predicted octanol–water partition coefficient (Wildman–Crippen LogP) is 2.26. The quantitative estimate of drug-likeness (QED) is 0.663. The van der Waals surface area contributed by atoms with Gasteiger partial charge in [0.1, 0.15) is 6.61 Å². The monoisotopic (exact) mass is 369 g/mol. The molecule has 0 aliphatic carbocycles. The first-order chi connectivity index (χ1) is 13.2. The van der Waals surface area contributed by atoms with Crippen molar-refractivity contribution in [2.45, 2.75) is 26.0 Å². The van der Waals surface area contributed by atoms with Gasteiger partial charge in [0.05, 0.1) is 0 Å². The molecule has 1 amide bonds. The fraction of sp³-hybridized carbons (Fsp3) is 0.381. The second kappa shape index (κ2) is 9.50. The van der Waals surface area contributed by atoms with E-state index in [9.17, 15) is 4.79 Å². The number of hydrogen-bond donors (Lipinski definition) is 2. The summed E-state index contributed by atoms with van der Waals surface area (Å²) in [6.07, 6.45) is 2.12. The number of carbonyl (C=O) groups is 1. The zero-order chi connectivity index (χ0) is 19.1. The molecule has 1 heterocycles. The number of rotatable bonds is 9. The normalized spacial score (nSPS) is 12.7. The van der Waals surface area contributed by atoms with Crippen LogP contribution in [0, 0.1) is 0 Å². The van der Waals surface area contributed by atoms with E-state index in [2.05, 4.69) is 41.5 Å². The molecule has 1 aliphatic heterocycles. The molecule has 2 aromatic carbocycles. The van der Waals surface area contributed by atoms with Crippen molar-refractivity contribution in [1.29, 1.82) is 0 Å². The Hall–Kier alpha value is -2.41. The molecule has 0 fully saturated rings. The van der Waals surface area contributed by atoms with Crippen LogP contribution >= 0.6 is 0 Å². The fourth-order valence-corrected chi connectivity index (χ4v) is 3.02. The second-order valence-corrected chi connectivity index (χ2v) is 6.85. The van der Waals surface area contributed by atoms with E-state index in [0.29, 0.717) is 31.0 Å². The standard InChI is InChI=1S/C21H27N3O3/c1-24(11-2-3-16-4-6-17(14-22)7-5-16)12-10-23-21(25)18-8-9-19-15-26-27-20(19)13-18/h4-9,13H,2-3,10-12,14-15,22H2,1H3,(H,23,25). The summed E-state index contributed by atoms with van der Waals surface area (Å²) in [5, 5.41) is 2.95. The van der Waals surface area contributed by atoms with Crippen LogP contribution in [0.3, 0.4) is 0 Å². The molecule has 0 saturated heterocycles. The largest absolute Gasteiger partial charge is 0.351 e. The average Bonchev–Trinajstić information content (AvgIpc) is 3.16. The lowest BCUT2D eigenvalue weighted by atomic mass is 10.1. The fourth-order valence-electron chi connectivity index (χ4n) is 3.02. The van der Waals surface area contributed by atoms with Crippen molar-refractivity contribution in [3.8, 4) is 5.75 Å². The number of benzene rings is 2. The molecule has 0 aromatic heterocycles. The maximum atomic E-state index is 12.2. The van der Waals surface area contributed by atoms with Gasteiger partial charge in [0, 0.05) is 30.8 Å². The molecule has 0 spiro atoms. The summed E-state index contributed by atoms with van der Waals surface area (Å²) in [4.78, 5) is 24.4. The lowest BCUT2D eigenvalue weighted by molar-refractivity contribution is -0.194. The zero-order valence-electron chi connectivity index (χ0n) is 15.7. The van der Waals surface area contributed by atoms with Gasteiger partial charge in [0.25, 0.3) is 5.91 Å². The lowest BCUT2D eigenvalue weighted by Crippen LogP contribution is -2.33. The third-order valence-corrected chi connectivity index (χ3v) is 4.74. The third kappa shape index (κ3) is 5.53. The smallest absolute Gasteiger partial charge is 0.251 e. The van der Waals surface area contributed by atoms with Crippen molar-refractivity contribution in [1.82, 2.24) is 10.2 Å². The summed E-state index contributed by atoms with van der Waals surface area (Å²) < 4.78 is 0. The van der Waals surface area contributed by atoms with Crippen molar-refractivity contribution in [3.05, 3.63) is 64.7 Å². The van der Waals surface area contributed by atoms with Gasteiger partial charge in [0.15, 0.2) is 5.75 Å². The summed E-state index contributed by atoms with van der Waals surface area (Å²) >= 11 is 0. The maximum Gasteiger partial charge on any atom is 0.251 e. The Balaban J connectivity index is 1.34. The second-order valence-electron chi connectivity index (χ2n) is 6.85. The van der Waals surface area contributed by atoms with Gasteiger partial charge in [0.2, 0.25) is 0 Å². The number of nitrogens with zero attached hydrogens (tertiary/aromatic N) is 1. The number of nitrogens with one attached hydrogen (secondary N) is 1. The van der Waals surface area contributed by atoms with Crippen LogP contribution in [-0.2, 0) is 24.5 Å². The molecule has 0 atom stereocenters. The lowest BCUT2D eigenvalue weighted by Gasteiger charge is -2.17. The Morgan fingerprint density at radius 1 is 1.15 bits per heavy atom. The summed E-state index contributed by atoms with van der Waals surface area (Å²) in [7, 11) is 2.07. The molecule has 27 heavy (non-hydrogen) atoms. The first kappa shape index (κ1) is 19.4. The van der Waals surface area contributed by atoms with Gasteiger partial charge < -0.3 is 20.8 Å². The molecule has 0 bridgehead atoms. The topological polar surface area (TPSA) is 76.8 Å². The van der Waals surface area contributed by atoms with Crippen LogP contribution in [0.5, 0.6) is 5.75 Å². The number of hydrogen-bond acceptors (Lipinski definition) is 5. The minimum absolute atomic E-state index is 0.0957. The third-order valence-electron chi connectivity index (χ3n) is 4.74. The van der Waals surface area contributed by atoms with Crippen LogP contribution in [0.4, 0.5) is 0 Å². The first-order valence-electron chi connectivity index (χ1n) is 9.33. The van der Waals surface area contributed by atoms with Gasteiger partial charge in [-0.2, -0.15) is 4.89 Å². The van der Waals surface area contributed by atoms with Crippen molar-refractivity contribution in [2.75, 3.05) is 26.7 Å². The minimum atomic E-state index is -0.0957. The number of aryl methyl sites for hydroxylation is 1. The molecule has 3 N–H and O–H groups in total.